The van der Waals surface area contributed by atoms with Crippen molar-refractivity contribution in [3.8, 4) is 0 Å². The van der Waals surface area contributed by atoms with Crippen molar-refractivity contribution in [3.63, 3.8) is 0 Å². The maximum atomic E-state index is 6.29. The number of ether oxygens (including phenoxy) is 1. The summed E-state index contributed by atoms with van der Waals surface area (Å²) in [7, 11) is 0. The van der Waals surface area contributed by atoms with Gasteiger partial charge in [-0.1, -0.05) is 23.8 Å². The Labute approximate surface area is 113 Å². The van der Waals surface area contributed by atoms with Gasteiger partial charge in [0.2, 0.25) is 0 Å². The van der Waals surface area contributed by atoms with Crippen LogP contribution in [0.5, 0.6) is 0 Å². The number of nitrogens with zero attached hydrogens (tertiary/aromatic N) is 3. The Kier molecular flexibility index (Phi) is 3.27. The summed E-state index contributed by atoms with van der Waals surface area (Å²) in [6, 6.07) is 8.12. The minimum Gasteiger partial charge on any atom is -0.351 e. The van der Waals surface area contributed by atoms with Crippen LogP contribution in [0.25, 0.3) is 11.0 Å². The van der Waals surface area contributed by atoms with Crippen LogP contribution in [0.1, 0.15) is 46.0 Å². The van der Waals surface area contributed by atoms with Gasteiger partial charge in [0.25, 0.3) is 0 Å². The van der Waals surface area contributed by atoms with E-state index in [0.29, 0.717) is 0 Å². The molecule has 4 nitrogen and oxygen atoms in total. The predicted octanol–water partition coefficient (Wildman–Crippen LogP) is 3.47. The lowest BCUT2D eigenvalue weighted by Crippen LogP contribution is -2.41. The summed E-state index contributed by atoms with van der Waals surface area (Å²) >= 11 is 0. The molecule has 2 aromatic rings. The van der Waals surface area contributed by atoms with Crippen LogP contribution in [0.15, 0.2) is 24.3 Å². The Morgan fingerprint density at radius 1 is 1.16 bits per heavy atom. The van der Waals surface area contributed by atoms with Crippen LogP contribution in [0, 0.1) is 0 Å². The molecular formula is C15H21N3O. The van der Waals surface area contributed by atoms with Crippen LogP contribution in [-0.2, 0) is 10.5 Å². The topological polar surface area (TPSA) is 39.9 Å². The minimum absolute atomic E-state index is 0.195. The Balaban J connectivity index is 2.08. The zero-order valence-electron chi connectivity index (χ0n) is 11.7. The molecule has 1 aromatic carbocycles. The Morgan fingerprint density at radius 3 is 2.63 bits per heavy atom. The Bertz CT molecular complexity index is 555. The molecule has 4 heteroatoms. The van der Waals surface area contributed by atoms with Crippen molar-refractivity contribution in [1.82, 2.24) is 15.0 Å². The largest absolute Gasteiger partial charge is 0.351 e. The third-order valence-electron chi connectivity index (χ3n) is 3.83. The lowest BCUT2D eigenvalue weighted by molar-refractivity contribution is -0.162. The first-order valence-electron chi connectivity index (χ1n) is 7.20. The molecule has 0 unspecified atom stereocenters. The fourth-order valence-corrected chi connectivity index (χ4v) is 3.09. The van der Waals surface area contributed by atoms with Crippen molar-refractivity contribution in [3.05, 3.63) is 24.3 Å². The molecule has 0 atom stereocenters. The molecule has 1 saturated carbocycles. The average molecular weight is 259 g/mol. The van der Waals surface area contributed by atoms with E-state index >= 15 is 0 Å². The molecule has 0 saturated heterocycles. The van der Waals surface area contributed by atoms with E-state index in [1.807, 2.05) is 22.9 Å². The van der Waals surface area contributed by atoms with E-state index < -0.39 is 0 Å². The highest BCUT2D eigenvalue weighted by atomic mass is 16.5. The monoisotopic (exact) mass is 259 g/mol. The molecule has 0 spiro atoms. The maximum Gasteiger partial charge on any atom is 0.163 e. The third-order valence-corrected chi connectivity index (χ3v) is 3.83. The quantitative estimate of drug-likeness (QED) is 0.847. The second kappa shape index (κ2) is 4.93. The van der Waals surface area contributed by atoms with Gasteiger partial charge in [-0.2, -0.15) is 0 Å². The number of aromatic nitrogens is 3. The molecule has 0 N–H and O–H groups in total. The normalized spacial score (nSPS) is 19.1. The molecule has 1 aromatic heterocycles. The highest BCUT2D eigenvalue weighted by molar-refractivity contribution is 5.74. The molecule has 1 heterocycles. The van der Waals surface area contributed by atoms with Crippen LogP contribution in [0.4, 0.5) is 0 Å². The van der Waals surface area contributed by atoms with E-state index in [4.69, 9.17) is 4.74 Å². The van der Waals surface area contributed by atoms with Crippen molar-refractivity contribution in [2.45, 2.75) is 57.8 Å². The van der Waals surface area contributed by atoms with Crippen molar-refractivity contribution in [2.75, 3.05) is 0 Å². The van der Waals surface area contributed by atoms with E-state index in [1.165, 1.54) is 19.3 Å². The summed E-state index contributed by atoms with van der Waals surface area (Å²) in [5.41, 5.74) is 1.72. The van der Waals surface area contributed by atoms with Crippen LogP contribution < -0.4 is 0 Å². The second-order valence-corrected chi connectivity index (χ2v) is 5.66. The van der Waals surface area contributed by atoms with Crippen LogP contribution in [0.3, 0.4) is 0 Å². The first kappa shape index (κ1) is 12.6. The van der Waals surface area contributed by atoms with E-state index in [0.717, 1.165) is 23.9 Å². The zero-order chi connectivity index (χ0) is 13.3. The summed E-state index contributed by atoms with van der Waals surface area (Å²) in [5, 5.41) is 8.67. The second-order valence-electron chi connectivity index (χ2n) is 5.66. The molecule has 102 valence electrons. The number of hydrogen-bond acceptors (Lipinski definition) is 3. The summed E-state index contributed by atoms with van der Waals surface area (Å²) in [4.78, 5) is 0. The molecule has 1 fully saturated rings. The van der Waals surface area contributed by atoms with Crippen molar-refractivity contribution < 1.29 is 4.74 Å². The third kappa shape index (κ3) is 2.25. The van der Waals surface area contributed by atoms with E-state index in [9.17, 15) is 0 Å². The van der Waals surface area contributed by atoms with Crippen LogP contribution >= 0.6 is 0 Å². The van der Waals surface area contributed by atoms with Gasteiger partial charge in [-0.15, -0.1) is 5.10 Å². The molecular weight excluding hydrogens is 238 g/mol. The number of rotatable bonds is 3. The Hall–Kier alpha value is -1.42. The molecule has 1 aliphatic rings. The number of hydrogen-bond donors (Lipinski definition) is 0. The van der Waals surface area contributed by atoms with Crippen molar-refractivity contribution in [1.29, 1.82) is 0 Å². The summed E-state index contributed by atoms with van der Waals surface area (Å²) in [6.07, 6.45) is 5.93. The molecule has 0 amide bonds. The van der Waals surface area contributed by atoms with Gasteiger partial charge in [0.05, 0.1) is 11.6 Å². The molecule has 0 radical (unpaired) electrons. The zero-order valence-corrected chi connectivity index (χ0v) is 11.7. The van der Waals surface area contributed by atoms with Crippen LogP contribution in [0.2, 0.25) is 0 Å². The first-order chi connectivity index (χ1) is 9.21. The summed E-state index contributed by atoms with van der Waals surface area (Å²) in [6.45, 7) is 4.19. The van der Waals surface area contributed by atoms with E-state index in [1.54, 1.807) is 0 Å². The fourth-order valence-electron chi connectivity index (χ4n) is 3.09. The molecule has 1 aliphatic carbocycles. The highest BCUT2D eigenvalue weighted by Gasteiger charge is 2.38. The van der Waals surface area contributed by atoms with E-state index in [-0.39, 0.29) is 11.8 Å². The van der Waals surface area contributed by atoms with Gasteiger partial charge in [-0.05, 0) is 51.7 Å². The minimum atomic E-state index is -0.303. The number of benzene rings is 1. The molecule has 19 heavy (non-hydrogen) atoms. The Morgan fingerprint density at radius 2 is 1.89 bits per heavy atom. The predicted molar refractivity (Wildman–Crippen MR) is 74.8 cm³/mol. The highest BCUT2D eigenvalue weighted by Crippen LogP contribution is 2.38. The van der Waals surface area contributed by atoms with Gasteiger partial charge in [0, 0.05) is 0 Å². The standard InChI is InChI=1S/C15H21N3O/c1-12(2)19-15(10-6-3-7-11-15)18-14-9-5-4-8-13(14)16-17-18/h4-5,8-9,12H,3,6-7,10-11H2,1-2H3. The lowest BCUT2D eigenvalue weighted by Gasteiger charge is -2.38. The number of fused-ring (bicyclic) bond motifs is 1. The average Bonchev–Trinajstić information content (AvgIpc) is 2.83. The maximum absolute atomic E-state index is 6.29. The van der Waals surface area contributed by atoms with Gasteiger partial charge >= 0.3 is 0 Å². The smallest absolute Gasteiger partial charge is 0.163 e. The lowest BCUT2D eigenvalue weighted by atomic mass is 9.91. The van der Waals surface area contributed by atoms with Gasteiger partial charge in [-0.3, -0.25) is 0 Å². The van der Waals surface area contributed by atoms with Gasteiger partial charge in [0.1, 0.15) is 5.52 Å². The van der Waals surface area contributed by atoms with Crippen molar-refractivity contribution >= 4 is 11.0 Å². The first-order valence-corrected chi connectivity index (χ1v) is 7.20. The summed E-state index contributed by atoms with van der Waals surface area (Å²) in [5.74, 6) is 0. The van der Waals surface area contributed by atoms with Crippen molar-refractivity contribution in [2.24, 2.45) is 0 Å². The fraction of sp³-hybridized carbons (Fsp3) is 0.600. The number of para-hydroxylation sites is 1. The molecule has 3 rings (SSSR count). The van der Waals surface area contributed by atoms with Gasteiger partial charge < -0.3 is 4.74 Å². The van der Waals surface area contributed by atoms with Gasteiger partial charge in [-0.25, -0.2) is 4.68 Å². The van der Waals surface area contributed by atoms with Gasteiger partial charge in [0.15, 0.2) is 5.72 Å². The van der Waals surface area contributed by atoms with E-state index in [2.05, 4.69) is 30.2 Å². The molecule has 0 bridgehead atoms. The van der Waals surface area contributed by atoms with Crippen LogP contribution in [-0.4, -0.2) is 21.1 Å². The molecule has 0 aliphatic heterocycles. The SMILES string of the molecule is CC(C)OC1(n2nnc3ccccc32)CCCCC1. The summed E-state index contributed by atoms with van der Waals surface area (Å²) < 4.78 is 8.31.